The van der Waals surface area contributed by atoms with Crippen LogP contribution in [0.4, 0.5) is 0 Å². The number of rotatable bonds is 1. The summed E-state index contributed by atoms with van der Waals surface area (Å²) in [5, 5.41) is 7.40. The van der Waals surface area contributed by atoms with Crippen molar-refractivity contribution in [1.29, 1.82) is 0 Å². The predicted molar refractivity (Wildman–Crippen MR) is 61.3 cm³/mol. The van der Waals surface area contributed by atoms with Crippen LogP contribution in [0.2, 0.25) is 0 Å². The normalized spacial score (nSPS) is 17.2. The molecule has 2 heterocycles. The number of aryl methyl sites for hydroxylation is 1. The Labute approximate surface area is 95.4 Å². The zero-order chi connectivity index (χ0) is 11.5. The first-order valence-electron chi connectivity index (χ1n) is 5.68. The molecule has 1 aromatic rings. The average Bonchev–Trinajstić information content (AvgIpc) is 2.53. The molecule has 0 unspecified atom stereocenters. The Balaban J connectivity index is 2.14. The second-order valence-electron chi connectivity index (χ2n) is 4.16. The van der Waals surface area contributed by atoms with Crippen LogP contribution in [-0.2, 0) is 7.05 Å². The van der Waals surface area contributed by atoms with E-state index in [4.69, 9.17) is 0 Å². The molecule has 1 aliphatic heterocycles. The van der Waals surface area contributed by atoms with E-state index >= 15 is 0 Å². The van der Waals surface area contributed by atoms with E-state index in [1.807, 2.05) is 18.9 Å². The van der Waals surface area contributed by atoms with Crippen LogP contribution in [0.25, 0.3) is 0 Å². The highest BCUT2D eigenvalue weighted by Gasteiger charge is 2.20. The molecular formula is C11H18N4O. The second kappa shape index (κ2) is 4.65. The van der Waals surface area contributed by atoms with Crippen molar-refractivity contribution in [2.75, 3.05) is 26.2 Å². The fourth-order valence-electron chi connectivity index (χ4n) is 1.93. The molecule has 1 saturated heterocycles. The number of carbonyl (C=O) groups excluding carboxylic acids is 1. The smallest absolute Gasteiger partial charge is 0.257 e. The van der Waals surface area contributed by atoms with Gasteiger partial charge < -0.3 is 10.2 Å². The van der Waals surface area contributed by atoms with Gasteiger partial charge in [0.25, 0.3) is 5.91 Å². The Bertz CT molecular complexity index is 377. The van der Waals surface area contributed by atoms with Gasteiger partial charge >= 0.3 is 0 Å². The molecule has 1 aromatic heterocycles. The lowest BCUT2D eigenvalue weighted by molar-refractivity contribution is 0.0765. The zero-order valence-electron chi connectivity index (χ0n) is 9.86. The van der Waals surface area contributed by atoms with Crippen molar-refractivity contribution >= 4 is 5.91 Å². The first-order chi connectivity index (χ1) is 7.70. The number of carbonyl (C=O) groups is 1. The van der Waals surface area contributed by atoms with Crippen LogP contribution in [0.1, 0.15) is 22.5 Å². The Morgan fingerprint density at radius 2 is 2.25 bits per heavy atom. The third kappa shape index (κ3) is 2.09. The average molecular weight is 222 g/mol. The van der Waals surface area contributed by atoms with Crippen molar-refractivity contribution < 1.29 is 4.79 Å². The molecule has 16 heavy (non-hydrogen) atoms. The fraction of sp³-hybridized carbons (Fsp3) is 0.636. The molecule has 0 bridgehead atoms. The molecule has 0 saturated carbocycles. The first kappa shape index (κ1) is 11.1. The number of nitrogens with zero attached hydrogens (tertiary/aromatic N) is 3. The lowest BCUT2D eigenvalue weighted by atomic mass is 10.2. The van der Waals surface area contributed by atoms with Gasteiger partial charge in [-0.2, -0.15) is 5.10 Å². The van der Waals surface area contributed by atoms with Crippen molar-refractivity contribution in [2.45, 2.75) is 13.3 Å². The van der Waals surface area contributed by atoms with Crippen molar-refractivity contribution in [2.24, 2.45) is 7.05 Å². The van der Waals surface area contributed by atoms with Crippen molar-refractivity contribution in [3.8, 4) is 0 Å². The number of nitrogens with one attached hydrogen (secondary N) is 1. The van der Waals surface area contributed by atoms with E-state index in [1.165, 1.54) is 0 Å². The molecule has 5 heteroatoms. The minimum Gasteiger partial charge on any atom is -0.337 e. The summed E-state index contributed by atoms with van der Waals surface area (Å²) < 4.78 is 1.74. The van der Waals surface area contributed by atoms with Gasteiger partial charge in [-0.1, -0.05) is 0 Å². The minimum absolute atomic E-state index is 0.106. The lowest BCUT2D eigenvalue weighted by Gasteiger charge is -2.19. The highest BCUT2D eigenvalue weighted by atomic mass is 16.2. The maximum Gasteiger partial charge on any atom is 0.257 e. The van der Waals surface area contributed by atoms with E-state index in [0.717, 1.165) is 43.9 Å². The maximum atomic E-state index is 12.2. The molecule has 1 aliphatic rings. The van der Waals surface area contributed by atoms with Crippen LogP contribution < -0.4 is 5.32 Å². The Morgan fingerprint density at radius 3 is 2.94 bits per heavy atom. The third-order valence-electron chi connectivity index (χ3n) is 3.09. The van der Waals surface area contributed by atoms with Gasteiger partial charge in [-0.15, -0.1) is 0 Å². The van der Waals surface area contributed by atoms with Crippen LogP contribution in [-0.4, -0.2) is 46.8 Å². The monoisotopic (exact) mass is 222 g/mol. The topological polar surface area (TPSA) is 50.2 Å². The third-order valence-corrected chi connectivity index (χ3v) is 3.09. The molecule has 1 N–H and O–H groups in total. The van der Waals surface area contributed by atoms with Crippen LogP contribution in [0.5, 0.6) is 0 Å². The molecule has 0 aliphatic carbocycles. The van der Waals surface area contributed by atoms with E-state index in [0.29, 0.717) is 0 Å². The standard InChI is InChI=1S/C11H18N4O/c1-9-10(8-13-14(9)2)11(16)15-6-3-4-12-5-7-15/h8,12H,3-7H2,1-2H3. The summed E-state index contributed by atoms with van der Waals surface area (Å²) in [6, 6.07) is 0. The summed E-state index contributed by atoms with van der Waals surface area (Å²) in [6.45, 7) is 5.42. The molecule has 5 nitrogen and oxygen atoms in total. The molecule has 2 rings (SSSR count). The molecule has 88 valence electrons. The van der Waals surface area contributed by atoms with Gasteiger partial charge in [-0.05, 0) is 19.9 Å². The van der Waals surface area contributed by atoms with Gasteiger partial charge in [0, 0.05) is 32.4 Å². The van der Waals surface area contributed by atoms with Crippen molar-refractivity contribution in [3.63, 3.8) is 0 Å². The van der Waals surface area contributed by atoms with Crippen molar-refractivity contribution in [3.05, 3.63) is 17.5 Å². The largest absolute Gasteiger partial charge is 0.337 e. The highest BCUT2D eigenvalue weighted by Crippen LogP contribution is 2.10. The number of amides is 1. The number of aromatic nitrogens is 2. The van der Waals surface area contributed by atoms with Crippen LogP contribution in [0.15, 0.2) is 6.20 Å². The quantitative estimate of drug-likeness (QED) is 0.736. The molecule has 0 aromatic carbocycles. The first-order valence-corrected chi connectivity index (χ1v) is 5.68. The highest BCUT2D eigenvalue weighted by molar-refractivity contribution is 5.95. The Kier molecular flexibility index (Phi) is 3.24. The SMILES string of the molecule is Cc1c(C(=O)N2CCCNCC2)cnn1C. The van der Waals surface area contributed by atoms with Crippen LogP contribution >= 0.6 is 0 Å². The molecular weight excluding hydrogens is 204 g/mol. The van der Waals surface area contributed by atoms with E-state index in [9.17, 15) is 4.79 Å². The summed E-state index contributed by atoms with van der Waals surface area (Å²) in [5.74, 6) is 0.106. The maximum absolute atomic E-state index is 12.2. The van der Waals surface area contributed by atoms with E-state index in [2.05, 4.69) is 10.4 Å². The van der Waals surface area contributed by atoms with Gasteiger partial charge in [0.1, 0.15) is 0 Å². The van der Waals surface area contributed by atoms with E-state index in [-0.39, 0.29) is 5.91 Å². The molecule has 0 radical (unpaired) electrons. The Hall–Kier alpha value is -1.36. The second-order valence-corrected chi connectivity index (χ2v) is 4.16. The van der Waals surface area contributed by atoms with Crippen LogP contribution in [0.3, 0.4) is 0 Å². The zero-order valence-corrected chi connectivity index (χ0v) is 9.86. The summed E-state index contributed by atoms with van der Waals surface area (Å²) in [5.41, 5.74) is 1.66. The van der Waals surface area contributed by atoms with E-state index < -0.39 is 0 Å². The summed E-state index contributed by atoms with van der Waals surface area (Å²) in [4.78, 5) is 14.1. The van der Waals surface area contributed by atoms with Gasteiger partial charge in [-0.3, -0.25) is 9.48 Å². The summed E-state index contributed by atoms with van der Waals surface area (Å²) in [7, 11) is 1.86. The molecule has 0 spiro atoms. The summed E-state index contributed by atoms with van der Waals surface area (Å²) in [6.07, 6.45) is 2.68. The predicted octanol–water partition coefficient (Wildman–Crippen LogP) is 0.164. The Morgan fingerprint density at radius 1 is 1.44 bits per heavy atom. The van der Waals surface area contributed by atoms with Gasteiger partial charge in [-0.25, -0.2) is 0 Å². The molecule has 1 amide bonds. The molecule has 0 atom stereocenters. The van der Waals surface area contributed by atoms with Gasteiger partial charge in [0.2, 0.25) is 0 Å². The van der Waals surface area contributed by atoms with Gasteiger partial charge in [0.05, 0.1) is 11.8 Å². The summed E-state index contributed by atoms with van der Waals surface area (Å²) >= 11 is 0. The minimum atomic E-state index is 0.106. The van der Waals surface area contributed by atoms with E-state index in [1.54, 1.807) is 10.9 Å². The van der Waals surface area contributed by atoms with Crippen LogP contribution in [0, 0.1) is 6.92 Å². The number of hydrogen-bond donors (Lipinski definition) is 1. The number of hydrogen-bond acceptors (Lipinski definition) is 3. The fourth-order valence-corrected chi connectivity index (χ4v) is 1.93. The van der Waals surface area contributed by atoms with Crippen molar-refractivity contribution in [1.82, 2.24) is 20.0 Å². The molecule has 1 fully saturated rings. The lowest BCUT2D eigenvalue weighted by Crippen LogP contribution is -2.34. The van der Waals surface area contributed by atoms with Gasteiger partial charge in [0.15, 0.2) is 0 Å².